The lowest BCUT2D eigenvalue weighted by atomic mass is 10.1. The van der Waals surface area contributed by atoms with Crippen molar-refractivity contribution < 1.29 is 14.3 Å². The average molecular weight is 319 g/mol. The van der Waals surface area contributed by atoms with Crippen molar-refractivity contribution >= 4 is 23.4 Å². The number of amides is 2. The maximum Gasteiger partial charge on any atom is 0.410 e. The van der Waals surface area contributed by atoms with E-state index < -0.39 is 5.60 Å². The Balaban J connectivity index is 1.94. The van der Waals surface area contributed by atoms with Gasteiger partial charge in [-0.05, 0) is 39.3 Å². The van der Waals surface area contributed by atoms with E-state index in [0.29, 0.717) is 19.5 Å². The Morgan fingerprint density at radius 2 is 1.87 bits per heavy atom. The van der Waals surface area contributed by atoms with Crippen LogP contribution in [-0.4, -0.2) is 42.6 Å². The van der Waals surface area contributed by atoms with Crippen LogP contribution in [0.15, 0.2) is 24.3 Å². The van der Waals surface area contributed by atoms with Gasteiger partial charge in [-0.2, -0.15) is 0 Å². The van der Waals surface area contributed by atoms with E-state index in [2.05, 4.69) is 10.6 Å². The molecular formula is C17H25N3O3. The lowest BCUT2D eigenvalue weighted by molar-refractivity contribution is -0.119. The van der Waals surface area contributed by atoms with Crippen molar-refractivity contribution in [3.8, 4) is 0 Å². The number of likely N-dealkylation sites (tertiary alicyclic amines) is 1. The predicted molar refractivity (Wildman–Crippen MR) is 90.5 cm³/mol. The number of benzene rings is 1. The summed E-state index contributed by atoms with van der Waals surface area (Å²) < 4.78 is 5.35. The topological polar surface area (TPSA) is 70.7 Å². The fourth-order valence-electron chi connectivity index (χ4n) is 2.51. The van der Waals surface area contributed by atoms with E-state index in [-0.39, 0.29) is 17.9 Å². The van der Waals surface area contributed by atoms with Crippen molar-refractivity contribution in [3.05, 3.63) is 24.3 Å². The number of nitrogens with one attached hydrogen (secondary N) is 2. The second-order valence-corrected chi connectivity index (χ2v) is 6.70. The third-order valence-electron chi connectivity index (χ3n) is 3.67. The minimum absolute atomic E-state index is 0.0706. The van der Waals surface area contributed by atoms with Crippen molar-refractivity contribution in [2.45, 2.75) is 32.8 Å². The Kier molecular flexibility index (Phi) is 5.13. The molecule has 6 nitrogen and oxygen atoms in total. The number of hydrogen-bond acceptors (Lipinski definition) is 4. The van der Waals surface area contributed by atoms with Gasteiger partial charge < -0.3 is 20.3 Å². The quantitative estimate of drug-likeness (QED) is 0.898. The summed E-state index contributed by atoms with van der Waals surface area (Å²) in [6, 6.07) is 7.53. The van der Waals surface area contributed by atoms with E-state index in [0.717, 1.165) is 11.4 Å². The summed E-state index contributed by atoms with van der Waals surface area (Å²) >= 11 is 0. The van der Waals surface area contributed by atoms with Crippen molar-refractivity contribution in [1.29, 1.82) is 0 Å². The molecule has 1 unspecified atom stereocenters. The highest BCUT2D eigenvalue weighted by Crippen LogP contribution is 2.24. The van der Waals surface area contributed by atoms with Gasteiger partial charge in [-0.1, -0.05) is 12.1 Å². The predicted octanol–water partition coefficient (Wildman–Crippen LogP) is 2.92. The summed E-state index contributed by atoms with van der Waals surface area (Å²) in [5.74, 6) is -0.286. The van der Waals surface area contributed by atoms with Crippen LogP contribution in [0, 0.1) is 5.92 Å². The molecule has 0 spiro atoms. The molecule has 6 heteroatoms. The lowest BCUT2D eigenvalue weighted by Crippen LogP contribution is -2.36. The van der Waals surface area contributed by atoms with Crippen molar-refractivity contribution in [1.82, 2.24) is 4.90 Å². The van der Waals surface area contributed by atoms with Gasteiger partial charge in [0.05, 0.1) is 17.3 Å². The molecule has 0 aromatic heterocycles. The number of para-hydroxylation sites is 2. The molecule has 2 N–H and O–H groups in total. The summed E-state index contributed by atoms with van der Waals surface area (Å²) in [5.41, 5.74) is 1.09. The van der Waals surface area contributed by atoms with Crippen LogP contribution < -0.4 is 10.6 Å². The Labute approximate surface area is 137 Å². The zero-order chi connectivity index (χ0) is 17.0. The Morgan fingerprint density at radius 1 is 1.22 bits per heavy atom. The monoisotopic (exact) mass is 319 g/mol. The second-order valence-electron chi connectivity index (χ2n) is 6.70. The molecule has 2 amide bonds. The minimum Gasteiger partial charge on any atom is -0.444 e. The first-order valence-corrected chi connectivity index (χ1v) is 7.86. The van der Waals surface area contributed by atoms with Gasteiger partial charge in [0.15, 0.2) is 0 Å². The number of nitrogens with zero attached hydrogens (tertiary/aromatic N) is 1. The maximum atomic E-state index is 12.4. The first kappa shape index (κ1) is 17.1. The highest BCUT2D eigenvalue weighted by atomic mass is 16.6. The molecular weight excluding hydrogens is 294 g/mol. The lowest BCUT2D eigenvalue weighted by Gasteiger charge is -2.24. The summed E-state index contributed by atoms with van der Waals surface area (Å²) in [6.45, 7) is 6.43. The number of hydrogen-bond donors (Lipinski definition) is 2. The molecule has 23 heavy (non-hydrogen) atoms. The van der Waals surface area contributed by atoms with Crippen molar-refractivity contribution in [2.75, 3.05) is 30.8 Å². The molecule has 1 aliphatic rings. The Morgan fingerprint density at radius 3 is 2.48 bits per heavy atom. The molecule has 1 heterocycles. The fraction of sp³-hybridized carbons (Fsp3) is 0.529. The number of carbonyl (C=O) groups excluding carboxylic acids is 2. The van der Waals surface area contributed by atoms with Gasteiger partial charge in [-0.25, -0.2) is 4.79 Å². The second kappa shape index (κ2) is 6.89. The largest absolute Gasteiger partial charge is 0.444 e. The summed E-state index contributed by atoms with van der Waals surface area (Å²) in [5, 5.41) is 5.98. The zero-order valence-electron chi connectivity index (χ0n) is 14.2. The van der Waals surface area contributed by atoms with Gasteiger partial charge in [0.1, 0.15) is 5.60 Å². The molecule has 1 atom stereocenters. The van der Waals surface area contributed by atoms with Gasteiger partial charge in [-0.15, -0.1) is 0 Å². The normalized spacial score (nSPS) is 17.7. The molecule has 1 aromatic rings. The fourth-order valence-corrected chi connectivity index (χ4v) is 2.51. The minimum atomic E-state index is -0.525. The van der Waals surface area contributed by atoms with Crippen LogP contribution in [0.3, 0.4) is 0 Å². The molecule has 0 bridgehead atoms. The van der Waals surface area contributed by atoms with Crippen LogP contribution in [0.25, 0.3) is 0 Å². The van der Waals surface area contributed by atoms with Gasteiger partial charge in [0, 0.05) is 20.1 Å². The van der Waals surface area contributed by atoms with Gasteiger partial charge in [0.2, 0.25) is 5.91 Å². The molecule has 2 rings (SSSR count). The van der Waals surface area contributed by atoms with E-state index in [9.17, 15) is 9.59 Å². The standard InChI is InChI=1S/C17H25N3O3/c1-17(2,3)23-16(22)20-10-9-12(11-20)15(21)19-14-8-6-5-7-13(14)18-4/h5-8,12,18H,9-11H2,1-4H3,(H,19,21). The van der Waals surface area contributed by atoms with E-state index in [4.69, 9.17) is 4.74 Å². The zero-order valence-corrected chi connectivity index (χ0v) is 14.2. The SMILES string of the molecule is CNc1ccccc1NC(=O)C1CCN(C(=O)OC(C)(C)C)C1. The summed E-state index contributed by atoms with van der Waals surface area (Å²) in [6.07, 6.45) is 0.288. The highest BCUT2D eigenvalue weighted by molar-refractivity contribution is 5.96. The molecule has 1 aliphatic heterocycles. The number of ether oxygens (including phenoxy) is 1. The van der Waals surface area contributed by atoms with E-state index >= 15 is 0 Å². The van der Waals surface area contributed by atoms with Crippen LogP contribution in [-0.2, 0) is 9.53 Å². The van der Waals surface area contributed by atoms with E-state index in [1.807, 2.05) is 52.1 Å². The number of carbonyl (C=O) groups is 2. The van der Waals surface area contributed by atoms with Crippen molar-refractivity contribution in [3.63, 3.8) is 0 Å². The van der Waals surface area contributed by atoms with Gasteiger partial charge >= 0.3 is 6.09 Å². The van der Waals surface area contributed by atoms with Crippen molar-refractivity contribution in [2.24, 2.45) is 5.92 Å². The number of anilines is 2. The third kappa shape index (κ3) is 4.61. The number of rotatable bonds is 3. The highest BCUT2D eigenvalue weighted by Gasteiger charge is 2.33. The van der Waals surface area contributed by atoms with Gasteiger partial charge in [0.25, 0.3) is 0 Å². The average Bonchev–Trinajstić information content (AvgIpc) is 2.96. The van der Waals surface area contributed by atoms with Gasteiger partial charge in [-0.3, -0.25) is 4.79 Å². The first-order valence-electron chi connectivity index (χ1n) is 7.86. The Hall–Kier alpha value is -2.24. The molecule has 1 aromatic carbocycles. The van der Waals surface area contributed by atoms with Crippen LogP contribution in [0.5, 0.6) is 0 Å². The molecule has 0 radical (unpaired) electrons. The molecule has 0 saturated carbocycles. The maximum absolute atomic E-state index is 12.4. The van der Waals surface area contributed by atoms with E-state index in [1.165, 1.54) is 0 Å². The molecule has 126 valence electrons. The summed E-state index contributed by atoms with van der Waals surface area (Å²) in [4.78, 5) is 26.1. The van der Waals surface area contributed by atoms with Crippen LogP contribution >= 0.6 is 0 Å². The molecule has 0 aliphatic carbocycles. The first-order chi connectivity index (χ1) is 10.8. The van der Waals surface area contributed by atoms with Crippen LogP contribution in [0.2, 0.25) is 0 Å². The van der Waals surface area contributed by atoms with Crippen LogP contribution in [0.1, 0.15) is 27.2 Å². The molecule has 1 saturated heterocycles. The summed E-state index contributed by atoms with van der Waals surface area (Å²) in [7, 11) is 1.81. The van der Waals surface area contributed by atoms with E-state index in [1.54, 1.807) is 4.90 Å². The van der Waals surface area contributed by atoms with Crippen LogP contribution in [0.4, 0.5) is 16.2 Å². The molecule has 1 fully saturated rings. The Bertz CT molecular complexity index is 581. The third-order valence-corrected chi connectivity index (χ3v) is 3.67. The smallest absolute Gasteiger partial charge is 0.410 e.